The number of rotatable bonds is 6. The van der Waals surface area contributed by atoms with Crippen LogP contribution in [0.15, 0.2) is 10.5 Å². The van der Waals surface area contributed by atoms with Crippen LogP contribution in [0.4, 0.5) is 0 Å². The smallest absolute Gasteiger partial charge is 0.120 e. The number of likely N-dealkylation sites (tertiary alicyclic amines) is 1. The minimum atomic E-state index is 0.495. The molecule has 20 heavy (non-hydrogen) atoms. The fraction of sp³-hybridized carbons (Fsp3) is 0.765. The van der Waals surface area contributed by atoms with Gasteiger partial charge >= 0.3 is 0 Å². The van der Waals surface area contributed by atoms with Gasteiger partial charge in [-0.2, -0.15) is 0 Å². The zero-order valence-corrected chi connectivity index (χ0v) is 13.5. The number of nitrogens with zero attached hydrogens (tertiary/aromatic N) is 1. The molecule has 114 valence electrons. The number of aryl methyl sites for hydroxylation is 1. The molecule has 0 aliphatic carbocycles. The maximum Gasteiger partial charge on any atom is 0.120 e. The molecule has 2 heterocycles. The molecule has 0 aromatic carbocycles. The molecule has 1 fully saturated rings. The highest BCUT2D eigenvalue weighted by atomic mass is 16.3. The summed E-state index contributed by atoms with van der Waals surface area (Å²) < 4.78 is 6.06. The molecule has 0 spiro atoms. The average Bonchev–Trinajstić information content (AvgIpc) is 2.77. The highest BCUT2D eigenvalue weighted by Gasteiger charge is 2.22. The van der Waals surface area contributed by atoms with E-state index in [4.69, 9.17) is 4.42 Å². The van der Waals surface area contributed by atoms with Crippen LogP contribution in [0.2, 0.25) is 0 Å². The lowest BCUT2D eigenvalue weighted by Gasteiger charge is -2.34. The molecule has 1 unspecified atom stereocenters. The molecule has 3 heteroatoms. The predicted molar refractivity (Wildman–Crippen MR) is 83.8 cm³/mol. The van der Waals surface area contributed by atoms with Gasteiger partial charge in [0.1, 0.15) is 11.5 Å². The van der Waals surface area contributed by atoms with E-state index in [1.165, 1.54) is 37.8 Å². The lowest BCUT2D eigenvalue weighted by atomic mass is 10.00. The van der Waals surface area contributed by atoms with Gasteiger partial charge < -0.3 is 9.73 Å². The van der Waals surface area contributed by atoms with Crippen molar-refractivity contribution in [1.29, 1.82) is 0 Å². The van der Waals surface area contributed by atoms with E-state index in [0.29, 0.717) is 6.04 Å². The Kier molecular flexibility index (Phi) is 5.67. The first-order valence-electron chi connectivity index (χ1n) is 8.15. The highest BCUT2D eigenvalue weighted by molar-refractivity contribution is 5.20. The number of hydrogen-bond donors (Lipinski definition) is 1. The van der Waals surface area contributed by atoms with E-state index < -0.39 is 0 Å². The number of nitrogens with one attached hydrogen (secondary N) is 1. The number of piperidine rings is 1. The second kappa shape index (κ2) is 7.28. The quantitative estimate of drug-likeness (QED) is 0.856. The highest BCUT2D eigenvalue weighted by Crippen LogP contribution is 2.23. The molecular weight excluding hydrogens is 248 g/mol. The van der Waals surface area contributed by atoms with Gasteiger partial charge in [0.25, 0.3) is 0 Å². The third-order valence-electron chi connectivity index (χ3n) is 4.32. The second-order valence-electron chi connectivity index (χ2n) is 6.38. The Morgan fingerprint density at radius 3 is 2.90 bits per heavy atom. The number of hydrogen-bond acceptors (Lipinski definition) is 3. The molecule has 1 aliphatic heterocycles. The van der Waals surface area contributed by atoms with Crippen LogP contribution >= 0.6 is 0 Å². The molecule has 1 saturated heterocycles. The van der Waals surface area contributed by atoms with E-state index in [1.807, 2.05) is 0 Å². The van der Waals surface area contributed by atoms with Crippen molar-refractivity contribution in [2.24, 2.45) is 0 Å². The summed E-state index contributed by atoms with van der Waals surface area (Å²) in [4.78, 5) is 2.60. The molecular formula is C17H30N2O. The minimum absolute atomic E-state index is 0.495. The average molecular weight is 278 g/mol. The lowest BCUT2D eigenvalue weighted by molar-refractivity contribution is 0.125. The van der Waals surface area contributed by atoms with Crippen molar-refractivity contribution in [2.75, 3.05) is 6.54 Å². The van der Waals surface area contributed by atoms with Crippen molar-refractivity contribution >= 4 is 0 Å². The maximum atomic E-state index is 6.06. The summed E-state index contributed by atoms with van der Waals surface area (Å²) >= 11 is 0. The van der Waals surface area contributed by atoms with Crippen LogP contribution in [-0.4, -0.2) is 23.5 Å². The van der Waals surface area contributed by atoms with Crippen molar-refractivity contribution in [3.63, 3.8) is 0 Å². The van der Waals surface area contributed by atoms with Gasteiger partial charge in [0.05, 0.1) is 13.1 Å². The van der Waals surface area contributed by atoms with Crippen molar-refractivity contribution in [3.05, 3.63) is 23.2 Å². The van der Waals surface area contributed by atoms with Crippen molar-refractivity contribution in [2.45, 2.75) is 78.6 Å². The maximum absolute atomic E-state index is 6.06. The third-order valence-corrected chi connectivity index (χ3v) is 4.32. The van der Waals surface area contributed by atoms with E-state index in [0.717, 1.165) is 30.7 Å². The Labute approximate surface area is 123 Å². The summed E-state index contributed by atoms with van der Waals surface area (Å²) in [6, 6.07) is 3.46. The van der Waals surface area contributed by atoms with Crippen LogP contribution in [0.1, 0.15) is 63.5 Å². The first-order valence-corrected chi connectivity index (χ1v) is 8.15. The predicted octanol–water partition coefficient (Wildman–Crippen LogP) is 3.85. The van der Waals surface area contributed by atoms with Gasteiger partial charge in [0, 0.05) is 12.1 Å². The molecule has 3 nitrogen and oxygen atoms in total. The van der Waals surface area contributed by atoms with Crippen LogP contribution in [-0.2, 0) is 13.1 Å². The lowest BCUT2D eigenvalue weighted by Crippen LogP contribution is -2.38. The Balaban J connectivity index is 1.96. The minimum Gasteiger partial charge on any atom is -0.463 e. The summed E-state index contributed by atoms with van der Waals surface area (Å²) in [6.45, 7) is 11.8. The van der Waals surface area contributed by atoms with Crippen LogP contribution in [0.5, 0.6) is 0 Å². The molecule has 0 bridgehead atoms. The summed E-state index contributed by atoms with van der Waals surface area (Å²) in [6.07, 6.45) is 5.31. The fourth-order valence-corrected chi connectivity index (χ4v) is 3.07. The molecule has 1 aromatic heterocycles. The topological polar surface area (TPSA) is 28.4 Å². The first-order chi connectivity index (χ1) is 9.60. The zero-order chi connectivity index (χ0) is 14.5. The van der Waals surface area contributed by atoms with Gasteiger partial charge in [0.15, 0.2) is 0 Å². The van der Waals surface area contributed by atoms with Gasteiger partial charge in [-0.15, -0.1) is 0 Å². The molecule has 1 atom stereocenters. The molecule has 1 aliphatic rings. The van der Waals surface area contributed by atoms with Gasteiger partial charge in [-0.05, 0) is 44.4 Å². The van der Waals surface area contributed by atoms with Crippen molar-refractivity contribution in [3.8, 4) is 0 Å². The Morgan fingerprint density at radius 1 is 1.40 bits per heavy atom. The largest absolute Gasteiger partial charge is 0.463 e. The van der Waals surface area contributed by atoms with Crippen LogP contribution in [0.25, 0.3) is 0 Å². The summed E-state index contributed by atoms with van der Waals surface area (Å²) in [5.74, 6) is 2.22. The monoisotopic (exact) mass is 278 g/mol. The summed E-state index contributed by atoms with van der Waals surface area (Å²) in [5.41, 5.74) is 1.28. The van der Waals surface area contributed by atoms with Crippen molar-refractivity contribution < 1.29 is 4.42 Å². The van der Waals surface area contributed by atoms with Gasteiger partial charge in [-0.3, -0.25) is 4.90 Å². The standard InChI is InChI=1S/C17H30N2O/c1-5-15-8-6-7-9-19(15)12-16-10-14(4)17(20-16)11-18-13(2)3/h10,13,15,18H,5-9,11-12H2,1-4H3. The van der Waals surface area contributed by atoms with E-state index in [9.17, 15) is 0 Å². The van der Waals surface area contributed by atoms with E-state index in [-0.39, 0.29) is 0 Å². The summed E-state index contributed by atoms with van der Waals surface area (Å²) in [7, 11) is 0. The van der Waals surface area contributed by atoms with Gasteiger partial charge in [-0.25, -0.2) is 0 Å². The molecule has 0 radical (unpaired) electrons. The fourth-order valence-electron chi connectivity index (χ4n) is 3.07. The van der Waals surface area contributed by atoms with Crippen LogP contribution < -0.4 is 5.32 Å². The third kappa shape index (κ3) is 4.10. The van der Waals surface area contributed by atoms with Crippen LogP contribution in [0, 0.1) is 6.92 Å². The van der Waals surface area contributed by atoms with E-state index in [2.05, 4.69) is 44.0 Å². The molecule has 1 aromatic rings. The molecule has 0 saturated carbocycles. The van der Waals surface area contributed by atoms with E-state index in [1.54, 1.807) is 0 Å². The second-order valence-corrected chi connectivity index (χ2v) is 6.38. The van der Waals surface area contributed by atoms with Crippen molar-refractivity contribution in [1.82, 2.24) is 10.2 Å². The molecule has 0 amide bonds. The van der Waals surface area contributed by atoms with Crippen LogP contribution in [0.3, 0.4) is 0 Å². The SMILES string of the molecule is CCC1CCCCN1Cc1cc(C)c(CNC(C)C)o1. The summed E-state index contributed by atoms with van der Waals surface area (Å²) in [5, 5.41) is 3.43. The Morgan fingerprint density at radius 2 is 2.20 bits per heavy atom. The normalized spacial score (nSPS) is 20.8. The molecule has 2 rings (SSSR count). The van der Waals surface area contributed by atoms with Gasteiger partial charge in [-0.1, -0.05) is 27.2 Å². The Hall–Kier alpha value is -0.800. The zero-order valence-electron chi connectivity index (χ0n) is 13.5. The number of furan rings is 1. The Bertz CT molecular complexity index is 411. The molecule has 1 N–H and O–H groups in total. The van der Waals surface area contributed by atoms with Gasteiger partial charge in [0.2, 0.25) is 0 Å². The first kappa shape index (κ1) is 15.6. The van der Waals surface area contributed by atoms with E-state index >= 15 is 0 Å².